The highest BCUT2D eigenvalue weighted by Crippen LogP contribution is 2.34. The molecule has 34 heavy (non-hydrogen) atoms. The first-order valence-electron chi connectivity index (χ1n) is 11.4. The molecule has 1 aliphatic heterocycles. The van der Waals surface area contributed by atoms with Crippen LogP contribution in [0, 0.1) is 17.1 Å². The Morgan fingerprint density at radius 3 is 2.68 bits per heavy atom. The number of nitrogens with zero attached hydrogens (tertiary/aromatic N) is 5. The summed E-state index contributed by atoms with van der Waals surface area (Å²) < 4.78 is 26.5. The number of hydrogen-bond donors (Lipinski definition) is 0. The van der Waals surface area contributed by atoms with Gasteiger partial charge in [-0.05, 0) is 24.3 Å². The summed E-state index contributed by atoms with van der Waals surface area (Å²) in [6.45, 7) is 5.59. The lowest BCUT2D eigenvalue weighted by Crippen LogP contribution is -2.38. The average molecular weight is 458 g/mol. The molecular weight excluding hydrogens is 433 g/mol. The van der Waals surface area contributed by atoms with Crippen molar-refractivity contribution in [1.82, 2.24) is 15.1 Å². The van der Waals surface area contributed by atoms with Crippen LogP contribution in [-0.4, -0.2) is 34.3 Å². The zero-order valence-electron chi connectivity index (χ0n) is 19.0. The summed E-state index contributed by atoms with van der Waals surface area (Å²) >= 11 is 0. The van der Waals surface area contributed by atoms with Crippen molar-refractivity contribution in [3.63, 3.8) is 0 Å². The van der Waals surface area contributed by atoms with Crippen molar-refractivity contribution < 1.29 is 13.7 Å². The average Bonchev–Trinajstić information content (AvgIpc) is 3.35. The summed E-state index contributed by atoms with van der Waals surface area (Å²) in [6.07, 6.45) is 3.34. The molecule has 0 bridgehead atoms. The van der Waals surface area contributed by atoms with Gasteiger partial charge in [-0.2, -0.15) is 10.2 Å². The second kappa shape index (κ2) is 9.10. The molecule has 0 radical (unpaired) electrons. The number of benzene rings is 2. The Hall–Kier alpha value is -3.99. The summed E-state index contributed by atoms with van der Waals surface area (Å²) in [5.74, 6) is 1.21. The summed E-state index contributed by atoms with van der Waals surface area (Å²) in [4.78, 5) is 11.1. The maximum Gasteiger partial charge on any atom is 0.324 e. The van der Waals surface area contributed by atoms with Gasteiger partial charge in [-0.1, -0.05) is 37.2 Å². The standard InChI is InChI=1S/C26H24FN5O2/c1-16(2)25-30-26(34-31-25)32-12-9-18(10-13-32)33-23-8-11-29-24-20(4-3-5-21(23)24)19-7-6-17(15-28)14-22(19)27/h3-8,11,14,16,18H,9-10,12-13H2,1-2H3. The monoisotopic (exact) mass is 457 g/mol. The van der Waals surface area contributed by atoms with Crippen LogP contribution < -0.4 is 9.64 Å². The zero-order valence-corrected chi connectivity index (χ0v) is 19.0. The molecule has 4 aromatic rings. The van der Waals surface area contributed by atoms with Gasteiger partial charge in [-0.15, -0.1) is 0 Å². The number of piperidine rings is 1. The molecule has 8 heteroatoms. The molecule has 1 saturated heterocycles. The van der Waals surface area contributed by atoms with Crippen LogP contribution in [0.5, 0.6) is 5.75 Å². The Morgan fingerprint density at radius 1 is 1.15 bits per heavy atom. The van der Waals surface area contributed by atoms with Crippen LogP contribution in [0.25, 0.3) is 22.0 Å². The Kier molecular flexibility index (Phi) is 5.84. The van der Waals surface area contributed by atoms with E-state index in [9.17, 15) is 4.39 Å². The molecule has 0 N–H and O–H groups in total. The van der Waals surface area contributed by atoms with Gasteiger partial charge in [0.15, 0.2) is 5.82 Å². The third kappa shape index (κ3) is 4.17. The Labute approximate surface area is 196 Å². The molecule has 0 unspecified atom stereocenters. The van der Waals surface area contributed by atoms with Crippen LogP contribution in [0.4, 0.5) is 10.4 Å². The predicted molar refractivity (Wildman–Crippen MR) is 126 cm³/mol. The SMILES string of the molecule is CC(C)c1noc(N2CCC(Oc3ccnc4c(-c5ccc(C#N)cc5F)cccc34)CC2)n1. The molecule has 2 aromatic heterocycles. The highest BCUT2D eigenvalue weighted by Gasteiger charge is 2.25. The van der Waals surface area contributed by atoms with E-state index in [0.717, 1.165) is 37.1 Å². The summed E-state index contributed by atoms with van der Waals surface area (Å²) in [7, 11) is 0. The Balaban J connectivity index is 1.35. The molecule has 7 nitrogen and oxygen atoms in total. The van der Waals surface area contributed by atoms with Crippen molar-refractivity contribution in [2.45, 2.75) is 38.7 Å². The topological polar surface area (TPSA) is 88.1 Å². The fourth-order valence-corrected chi connectivity index (χ4v) is 4.21. The summed E-state index contributed by atoms with van der Waals surface area (Å²) in [5.41, 5.74) is 2.01. The number of rotatable bonds is 5. The molecular formula is C26H24FN5O2. The highest BCUT2D eigenvalue weighted by atomic mass is 19.1. The first kappa shape index (κ1) is 21.8. The summed E-state index contributed by atoms with van der Waals surface area (Å²) in [5, 5.41) is 13.9. The molecule has 3 heterocycles. The maximum atomic E-state index is 14.7. The molecule has 0 saturated carbocycles. The van der Waals surface area contributed by atoms with Crippen molar-refractivity contribution in [2.24, 2.45) is 0 Å². The van der Waals surface area contributed by atoms with Gasteiger partial charge in [0.25, 0.3) is 0 Å². The molecule has 1 fully saturated rings. The maximum absolute atomic E-state index is 14.7. The van der Waals surface area contributed by atoms with Crippen molar-refractivity contribution in [3.8, 4) is 22.9 Å². The number of anilines is 1. The Bertz CT molecular complexity index is 1370. The smallest absolute Gasteiger partial charge is 0.324 e. The van der Waals surface area contributed by atoms with Gasteiger partial charge in [-0.3, -0.25) is 4.98 Å². The second-order valence-corrected chi connectivity index (χ2v) is 8.71. The second-order valence-electron chi connectivity index (χ2n) is 8.71. The fraction of sp³-hybridized carbons (Fsp3) is 0.308. The van der Waals surface area contributed by atoms with Crippen molar-refractivity contribution >= 4 is 16.9 Å². The van der Waals surface area contributed by atoms with Crippen molar-refractivity contribution in [3.05, 3.63) is 65.9 Å². The van der Waals surface area contributed by atoms with Gasteiger partial charge in [-0.25, -0.2) is 4.39 Å². The van der Waals surface area contributed by atoms with Crippen LogP contribution in [-0.2, 0) is 0 Å². The van der Waals surface area contributed by atoms with Crippen LogP contribution in [0.15, 0.2) is 53.2 Å². The minimum absolute atomic E-state index is 0.0321. The van der Waals surface area contributed by atoms with Crippen LogP contribution in [0.1, 0.15) is 44.0 Å². The first-order valence-corrected chi connectivity index (χ1v) is 11.4. The number of aromatic nitrogens is 3. The molecule has 0 atom stereocenters. The van der Waals surface area contributed by atoms with E-state index in [1.165, 1.54) is 6.07 Å². The number of hydrogen-bond acceptors (Lipinski definition) is 7. The minimum atomic E-state index is -0.450. The fourth-order valence-electron chi connectivity index (χ4n) is 4.21. The van der Waals surface area contributed by atoms with Gasteiger partial charge < -0.3 is 14.2 Å². The number of halogens is 1. The van der Waals surface area contributed by atoms with E-state index in [0.29, 0.717) is 28.5 Å². The van der Waals surface area contributed by atoms with Gasteiger partial charge in [0.1, 0.15) is 17.7 Å². The van der Waals surface area contributed by atoms with Crippen molar-refractivity contribution in [1.29, 1.82) is 5.26 Å². The van der Waals surface area contributed by atoms with E-state index >= 15 is 0 Å². The lowest BCUT2D eigenvalue weighted by atomic mass is 10.00. The quantitative estimate of drug-likeness (QED) is 0.393. The van der Waals surface area contributed by atoms with Crippen LogP contribution in [0.2, 0.25) is 0 Å². The number of para-hydroxylation sites is 1. The first-order chi connectivity index (χ1) is 16.5. The number of nitriles is 1. The highest BCUT2D eigenvalue weighted by molar-refractivity contribution is 5.97. The number of pyridine rings is 1. The van der Waals surface area contributed by atoms with E-state index in [2.05, 4.69) is 20.0 Å². The minimum Gasteiger partial charge on any atom is -0.490 e. The molecule has 5 rings (SSSR count). The van der Waals surface area contributed by atoms with Crippen molar-refractivity contribution in [2.75, 3.05) is 18.0 Å². The van der Waals surface area contributed by atoms with Gasteiger partial charge in [0.05, 0.1) is 17.1 Å². The lowest BCUT2D eigenvalue weighted by molar-refractivity contribution is 0.170. The predicted octanol–water partition coefficient (Wildman–Crippen LogP) is 5.47. The lowest BCUT2D eigenvalue weighted by Gasteiger charge is -2.31. The van der Waals surface area contributed by atoms with E-state index in [1.54, 1.807) is 18.3 Å². The van der Waals surface area contributed by atoms with Gasteiger partial charge in [0.2, 0.25) is 0 Å². The molecule has 1 aliphatic rings. The molecule has 172 valence electrons. The number of ether oxygens (including phenoxy) is 1. The van der Waals surface area contributed by atoms with Gasteiger partial charge in [0, 0.05) is 54.6 Å². The molecule has 0 amide bonds. The molecule has 2 aromatic carbocycles. The van der Waals surface area contributed by atoms with Crippen LogP contribution in [0.3, 0.4) is 0 Å². The Morgan fingerprint density at radius 2 is 1.97 bits per heavy atom. The van der Waals surface area contributed by atoms with E-state index in [1.807, 2.05) is 44.2 Å². The van der Waals surface area contributed by atoms with Crippen LogP contribution >= 0.6 is 0 Å². The zero-order chi connectivity index (χ0) is 23.7. The van der Waals surface area contributed by atoms with E-state index < -0.39 is 5.82 Å². The summed E-state index contributed by atoms with van der Waals surface area (Å²) in [6, 6.07) is 14.5. The normalized spacial score (nSPS) is 14.5. The van der Waals surface area contributed by atoms with Gasteiger partial charge >= 0.3 is 6.01 Å². The largest absolute Gasteiger partial charge is 0.490 e. The third-order valence-electron chi connectivity index (χ3n) is 6.07. The van der Waals surface area contributed by atoms with E-state index in [-0.39, 0.29) is 17.6 Å². The van der Waals surface area contributed by atoms with E-state index in [4.69, 9.17) is 14.5 Å². The third-order valence-corrected chi connectivity index (χ3v) is 6.07. The molecule has 0 spiro atoms. The number of fused-ring (bicyclic) bond motifs is 1. The molecule has 0 aliphatic carbocycles.